The summed E-state index contributed by atoms with van der Waals surface area (Å²) in [6.07, 6.45) is 2.76. The Kier molecular flexibility index (Phi) is 4.71. The first-order chi connectivity index (χ1) is 13.0. The molecule has 1 aliphatic heterocycles. The Labute approximate surface area is 159 Å². The SMILES string of the molecule is CC1CN(c2c(CO)cc3c(-c4cncc(Cl)n4)noc3c2F)CC(C)O1. The molecule has 0 bridgehead atoms. The van der Waals surface area contributed by atoms with E-state index in [0.717, 1.165) is 0 Å². The van der Waals surface area contributed by atoms with E-state index in [0.29, 0.717) is 41.1 Å². The van der Waals surface area contributed by atoms with Crippen molar-refractivity contribution in [3.05, 3.63) is 35.0 Å². The number of halogens is 2. The predicted octanol–water partition coefficient (Wildman–Crippen LogP) is 3.18. The molecule has 142 valence electrons. The fraction of sp³-hybridized carbons (Fsp3) is 0.389. The van der Waals surface area contributed by atoms with E-state index < -0.39 is 5.82 Å². The standard InChI is InChI=1S/C18H18ClFN4O3/c1-9-6-24(7-10(2)26-9)17-11(8-25)3-12-16(23-27-18(12)15(17)20)13-4-21-5-14(19)22-13/h3-5,9-10,25H,6-8H2,1-2H3. The van der Waals surface area contributed by atoms with Crippen molar-refractivity contribution in [1.82, 2.24) is 15.1 Å². The summed E-state index contributed by atoms with van der Waals surface area (Å²) in [4.78, 5) is 10.0. The van der Waals surface area contributed by atoms with E-state index in [1.165, 1.54) is 12.4 Å². The summed E-state index contributed by atoms with van der Waals surface area (Å²) in [6, 6.07) is 1.67. The number of anilines is 1. The summed E-state index contributed by atoms with van der Waals surface area (Å²) in [5.41, 5.74) is 1.45. The van der Waals surface area contributed by atoms with Gasteiger partial charge in [0.05, 0.1) is 42.3 Å². The van der Waals surface area contributed by atoms with Crippen LogP contribution in [0.3, 0.4) is 0 Å². The van der Waals surface area contributed by atoms with Crippen molar-refractivity contribution in [3.63, 3.8) is 0 Å². The normalized spacial score (nSPS) is 20.4. The maximum absolute atomic E-state index is 15.4. The average Bonchev–Trinajstić information content (AvgIpc) is 3.05. The predicted molar refractivity (Wildman–Crippen MR) is 98.1 cm³/mol. The highest BCUT2D eigenvalue weighted by Crippen LogP contribution is 2.37. The Morgan fingerprint density at radius 2 is 2.04 bits per heavy atom. The third-order valence-corrected chi connectivity index (χ3v) is 4.69. The summed E-state index contributed by atoms with van der Waals surface area (Å²) >= 11 is 5.89. The molecule has 0 amide bonds. The number of ether oxygens (including phenoxy) is 1. The van der Waals surface area contributed by atoms with Gasteiger partial charge in [0.2, 0.25) is 5.58 Å². The Hall–Kier alpha value is -2.29. The lowest BCUT2D eigenvalue weighted by Crippen LogP contribution is -2.46. The van der Waals surface area contributed by atoms with Crippen molar-refractivity contribution in [2.75, 3.05) is 18.0 Å². The molecule has 7 nitrogen and oxygen atoms in total. The van der Waals surface area contributed by atoms with Crippen LogP contribution in [0.15, 0.2) is 23.0 Å². The molecule has 2 unspecified atom stereocenters. The van der Waals surface area contributed by atoms with Gasteiger partial charge >= 0.3 is 0 Å². The van der Waals surface area contributed by atoms with Crippen molar-refractivity contribution in [2.24, 2.45) is 0 Å². The molecule has 1 N–H and O–H groups in total. The lowest BCUT2D eigenvalue weighted by Gasteiger charge is -2.37. The van der Waals surface area contributed by atoms with Crippen molar-refractivity contribution in [3.8, 4) is 11.4 Å². The molecule has 1 fully saturated rings. The van der Waals surface area contributed by atoms with Crippen LogP contribution in [0, 0.1) is 5.82 Å². The molecule has 0 radical (unpaired) electrons. The number of aromatic nitrogens is 3. The molecule has 0 saturated carbocycles. The first-order valence-corrected chi connectivity index (χ1v) is 8.95. The van der Waals surface area contributed by atoms with Crippen molar-refractivity contribution >= 4 is 28.3 Å². The van der Waals surface area contributed by atoms with Gasteiger partial charge in [-0.1, -0.05) is 16.8 Å². The third-order valence-electron chi connectivity index (χ3n) is 4.51. The van der Waals surface area contributed by atoms with Crippen LogP contribution in [-0.2, 0) is 11.3 Å². The van der Waals surface area contributed by atoms with Gasteiger partial charge in [0.25, 0.3) is 0 Å². The fourth-order valence-electron chi connectivity index (χ4n) is 3.54. The molecule has 1 aromatic carbocycles. The quantitative estimate of drug-likeness (QED) is 0.732. The minimum atomic E-state index is -0.563. The van der Waals surface area contributed by atoms with E-state index >= 15 is 4.39 Å². The molecule has 27 heavy (non-hydrogen) atoms. The van der Waals surface area contributed by atoms with Crippen LogP contribution in [0.25, 0.3) is 22.4 Å². The molecule has 0 spiro atoms. The maximum atomic E-state index is 15.4. The summed E-state index contributed by atoms with van der Waals surface area (Å²) in [6.45, 7) is 4.57. The highest BCUT2D eigenvalue weighted by Gasteiger charge is 2.29. The number of nitrogens with zero attached hydrogens (tertiary/aromatic N) is 4. The summed E-state index contributed by atoms with van der Waals surface area (Å²) in [5.74, 6) is -0.563. The van der Waals surface area contributed by atoms with Crippen LogP contribution in [-0.4, -0.2) is 45.5 Å². The lowest BCUT2D eigenvalue weighted by molar-refractivity contribution is -0.00549. The van der Waals surface area contributed by atoms with Crippen LogP contribution >= 0.6 is 11.6 Å². The van der Waals surface area contributed by atoms with Gasteiger partial charge in [0, 0.05) is 18.7 Å². The Bertz CT molecular complexity index is 986. The molecule has 2 aromatic heterocycles. The average molecular weight is 393 g/mol. The second-order valence-corrected chi connectivity index (χ2v) is 7.04. The van der Waals surface area contributed by atoms with Gasteiger partial charge in [-0.2, -0.15) is 0 Å². The zero-order valence-corrected chi connectivity index (χ0v) is 15.6. The second kappa shape index (κ2) is 7.03. The highest BCUT2D eigenvalue weighted by molar-refractivity contribution is 6.29. The molecular formula is C18H18ClFN4O3. The largest absolute Gasteiger partial charge is 0.392 e. The van der Waals surface area contributed by atoms with Crippen LogP contribution < -0.4 is 4.90 Å². The van der Waals surface area contributed by atoms with Gasteiger partial charge in [-0.05, 0) is 19.9 Å². The number of aliphatic hydroxyl groups excluding tert-OH is 1. The van der Waals surface area contributed by atoms with Crippen LogP contribution in [0.5, 0.6) is 0 Å². The molecule has 4 rings (SSSR count). The third kappa shape index (κ3) is 3.24. The fourth-order valence-corrected chi connectivity index (χ4v) is 3.69. The van der Waals surface area contributed by atoms with E-state index in [-0.39, 0.29) is 29.6 Å². The van der Waals surface area contributed by atoms with Crippen molar-refractivity contribution in [2.45, 2.75) is 32.7 Å². The second-order valence-electron chi connectivity index (χ2n) is 6.65. The number of benzene rings is 1. The molecule has 9 heteroatoms. The van der Waals surface area contributed by atoms with Crippen LogP contribution in [0.2, 0.25) is 5.15 Å². The van der Waals surface area contributed by atoms with Crippen LogP contribution in [0.4, 0.5) is 10.1 Å². The Morgan fingerprint density at radius 3 is 2.70 bits per heavy atom. The number of hydrogen-bond acceptors (Lipinski definition) is 7. The van der Waals surface area contributed by atoms with Crippen molar-refractivity contribution < 1.29 is 18.8 Å². The Balaban J connectivity index is 1.87. The van der Waals surface area contributed by atoms with E-state index in [9.17, 15) is 5.11 Å². The van der Waals surface area contributed by atoms with E-state index in [2.05, 4.69) is 15.1 Å². The van der Waals surface area contributed by atoms with Gasteiger partial charge in [-0.15, -0.1) is 0 Å². The smallest absolute Gasteiger partial charge is 0.205 e. The number of rotatable bonds is 3. The number of fused-ring (bicyclic) bond motifs is 1. The summed E-state index contributed by atoms with van der Waals surface area (Å²) in [5, 5.41) is 14.4. The number of hydrogen-bond donors (Lipinski definition) is 1. The van der Waals surface area contributed by atoms with Crippen molar-refractivity contribution in [1.29, 1.82) is 0 Å². The molecule has 0 aliphatic carbocycles. The van der Waals surface area contributed by atoms with E-state index in [1.54, 1.807) is 6.07 Å². The van der Waals surface area contributed by atoms with Crippen LogP contribution in [0.1, 0.15) is 19.4 Å². The lowest BCUT2D eigenvalue weighted by atomic mass is 10.0. The zero-order valence-electron chi connectivity index (χ0n) is 14.8. The molecule has 3 heterocycles. The molecule has 1 saturated heterocycles. The molecule has 3 aromatic rings. The van der Waals surface area contributed by atoms with Gasteiger partial charge < -0.3 is 19.3 Å². The van der Waals surface area contributed by atoms with E-state index in [4.69, 9.17) is 20.9 Å². The molecule has 2 atom stereocenters. The summed E-state index contributed by atoms with van der Waals surface area (Å²) < 4.78 is 26.4. The Morgan fingerprint density at radius 1 is 1.30 bits per heavy atom. The molecule has 1 aliphatic rings. The minimum Gasteiger partial charge on any atom is -0.392 e. The van der Waals surface area contributed by atoms with E-state index in [1.807, 2.05) is 18.7 Å². The number of aliphatic hydroxyl groups is 1. The van der Waals surface area contributed by atoms with Gasteiger partial charge in [0.15, 0.2) is 5.82 Å². The van der Waals surface area contributed by atoms with Gasteiger partial charge in [-0.25, -0.2) is 9.37 Å². The monoisotopic (exact) mass is 392 g/mol. The summed E-state index contributed by atoms with van der Waals surface area (Å²) in [7, 11) is 0. The number of morpholine rings is 1. The topological polar surface area (TPSA) is 84.5 Å². The first-order valence-electron chi connectivity index (χ1n) is 8.58. The first kappa shape index (κ1) is 18.1. The van der Waals surface area contributed by atoms with Gasteiger partial charge in [0.1, 0.15) is 16.5 Å². The molecular weight excluding hydrogens is 375 g/mol. The highest BCUT2D eigenvalue weighted by atomic mass is 35.5. The van der Waals surface area contributed by atoms with Gasteiger partial charge in [-0.3, -0.25) is 4.98 Å². The zero-order chi connectivity index (χ0) is 19.1. The maximum Gasteiger partial charge on any atom is 0.205 e. The minimum absolute atomic E-state index is 0.00535.